The Hall–Kier alpha value is -2.56. The summed E-state index contributed by atoms with van der Waals surface area (Å²) in [7, 11) is 1.91. The Bertz CT molecular complexity index is 747. The number of ether oxygens (including phenoxy) is 2. The molecule has 6 atom stereocenters. The lowest BCUT2D eigenvalue weighted by atomic mass is 9.76. The molecule has 1 aromatic rings. The largest absolute Gasteiger partial charge is 0.462 e. The highest BCUT2D eigenvalue weighted by Gasteiger charge is 2.55. The molecule has 162 valence electrons. The fourth-order valence-electron chi connectivity index (χ4n) is 5.77. The van der Waals surface area contributed by atoms with E-state index in [1.165, 1.54) is 31.4 Å². The lowest BCUT2D eigenvalue weighted by Gasteiger charge is -2.31. The average molecular weight is 412 g/mol. The van der Waals surface area contributed by atoms with Crippen molar-refractivity contribution in [2.45, 2.75) is 25.7 Å². The molecule has 1 N–H and O–H groups in total. The summed E-state index contributed by atoms with van der Waals surface area (Å²) < 4.78 is 10.5. The van der Waals surface area contributed by atoms with Gasteiger partial charge in [-0.1, -0.05) is 31.4 Å². The maximum atomic E-state index is 11.2. The second-order valence-corrected chi connectivity index (χ2v) is 8.60. The molecule has 0 radical (unpaired) electrons. The Kier molecular flexibility index (Phi) is 7.72. The van der Waals surface area contributed by atoms with Crippen LogP contribution in [0.15, 0.2) is 55.6 Å². The predicted octanol–water partition coefficient (Wildman–Crippen LogP) is 4.47. The van der Waals surface area contributed by atoms with Crippen LogP contribution in [-0.4, -0.2) is 32.2 Å². The number of fused-ring (bicyclic) bond motifs is 5. The molecule has 1 aromatic carbocycles. The number of nitrogens with one attached hydrogen (secondary N) is 1. The third-order valence-corrected chi connectivity index (χ3v) is 7.00. The smallest absolute Gasteiger partial charge is 0.330 e. The van der Waals surface area contributed by atoms with E-state index in [4.69, 9.17) is 9.47 Å². The van der Waals surface area contributed by atoms with Crippen LogP contribution >= 0.6 is 0 Å². The van der Waals surface area contributed by atoms with Crippen LogP contribution < -0.4 is 5.32 Å². The van der Waals surface area contributed by atoms with Gasteiger partial charge in [-0.25, -0.2) is 9.59 Å². The van der Waals surface area contributed by atoms with Crippen molar-refractivity contribution in [1.29, 1.82) is 0 Å². The first-order chi connectivity index (χ1) is 14.5. The lowest BCUT2D eigenvalue weighted by molar-refractivity contribution is -0.140. The molecule has 0 spiro atoms. The molecule has 5 heteroatoms. The highest BCUT2D eigenvalue weighted by Crippen LogP contribution is 2.62. The number of anilines is 1. The summed E-state index contributed by atoms with van der Waals surface area (Å²) in [4.78, 5) is 22.4. The number of hydrogen-bond acceptors (Lipinski definition) is 5. The molecule has 5 nitrogen and oxygen atoms in total. The number of benzene rings is 1. The highest BCUT2D eigenvalue weighted by molar-refractivity contribution is 5.81. The quantitative estimate of drug-likeness (QED) is 0.530. The Morgan fingerprint density at radius 2 is 1.57 bits per heavy atom. The zero-order valence-electron chi connectivity index (χ0n) is 17.8. The number of esters is 2. The minimum Gasteiger partial charge on any atom is -0.462 e. The number of para-hydroxylation sites is 1. The van der Waals surface area contributed by atoms with E-state index in [-0.39, 0.29) is 11.9 Å². The molecule has 0 saturated heterocycles. The second kappa shape index (κ2) is 10.5. The van der Waals surface area contributed by atoms with Crippen LogP contribution in [0, 0.1) is 35.5 Å². The van der Waals surface area contributed by atoms with Gasteiger partial charge in [0.05, 0.1) is 13.2 Å². The van der Waals surface area contributed by atoms with Gasteiger partial charge in [0.25, 0.3) is 0 Å². The fourth-order valence-corrected chi connectivity index (χ4v) is 5.77. The topological polar surface area (TPSA) is 64.6 Å². The van der Waals surface area contributed by atoms with Crippen LogP contribution in [-0.2, 0) is 19.1 Å². The molecule has 0 heterocycles. The number of hydrogen-bond donors (Lipinski definition) is 1. The van der Waals surface area contributed by atoms with Gasteiger partial charge in [-0.15, -0.1) is 0 Å². The normalized spacial score (nSPS) is 30.4. The Morgan fingerprint density at radius 1 is 0.933 bits per heavy atom. The van der Waals surface area contributed by atoms with E-state index in [1.54, 1.807) is 0 Å². The van der Waals surface area contributed by atoms with Crippen molar-refractivity contribution in [3.8, 4) is 0 Å². The van der Waals surface area contributed by atoms with Gasteiger partial charge < -0.3 is 14.8 Å². The summed E-state index contributed by atoms with van der Waals surface area (Å²) in [6.07, 6.45) is 7.23. The van der Waals surface area contributed by atoms with E-state index in [1.807, 2.05) is 37.4 Å². The average Bonchev–Trinajstić information content (AvgIpc) is 3.48. The number of carbonyl (C=O) groups is 2. The van der Waals surface area contributed by atoms with Gasteiger partial charge >= 0.3 is 11.9 Å². The molecule has 4 rings (SSSR count). The SMILES string of the molecule is C=CC(=O)OCC1CC2C3CC(COC(=O)C=C)C(C3)C2C1.CNc1ccccc1. The van der Waals surface area contributed by atoms with Gasteiger partial charge in [0, 0.05) is 24.9 Å². The van der Waals surface area contributed by atoms with Crippen molar-refractivity contribution in [3.05, 3.63) is 55.6 Å². The first kappa shape index (κ1) is 22.1. The molecule has 3 aliphatic carbocycles. The Balaban J connectivity index is 0.000000269. The van der Waals surface area contributed by atoms with Gasteiger partial charge in [-0.3, -0.25) is 0 Å². The molecule has 6 unspecified atom stereocenters. The summed E-state index contributed by atoms with van der Waals surface area (Å²) in [5, 5.41) is 3.03. The van der Waals surface area contributed by atoms with Crippen LogP contribution in [0.3, 0.4) is 0 Å². The molecule has 0 aromatic heterocycles. The van der Waals surface area contributed by atoms with Gasteiger partial charge in [0.2, 0.25) is 0 Å². The van der Waals surface area contributed by atoms with Crippen LogP contribution in [0.25, 0.3) is 0 Å². The molecular weight excluding hydrogens is 378 g/mol. The van der Waals surface area contributed by atoms with E-state index in [2.05, 4.69) is 18.5 Å². The van der Waals surface area contributed by atoms with Gasteiger partial charge in [-0.2, -0.15) is 0 Å². The van der Waals surface area contributed by atoms with Gasteiger partial charge in [0.15, 0.2) is 0 Å². The van der Waals surface area contributed by atoms with Crippen LogP contribution in [0.1, 0.15) is 25.7 Å². The molecule has 2 bridgehead atoms. The minimum absolute atomic E-state index is 0.319. The first-order valence-electron chi connectivity index (χ1n) is 10.9. The van der Waals surface area contributed by atoms with Crippen molar-refractivity contribution < 1.29 is 19.1 Å². The molecule has 3 saturated carbocycles. The van der Waals surface area contributed by atoms with E-state index in [9.17, 15) is 9.59 Å². The maximum Gasteiger partial charge on any atom is 0.330 e. The van der Waals surface area contributed by atoms with Crippen molar-refractivity contribution in [1.82, 2.24) is 0 Å². The fraction of sp³-hybridized carbons (Fsp3) is 0.520. The molecular formula is C25H33NO4. The van der Waals surface area contributed by atoms with Crippen LogP contribution in [0.4, 0.5) is 5.69 Å². The van der Waals surface area contributed by atoms with Crippen LogP contribution in [0.2, 0.25) is 0 Å². The molecule has 3 aliphatic rings. The van der Waals surface area contributed by atoms with E-state index < -0.39 is 0 Å². The summed E-state index contributed by atoms with van der Waals surface area (Å²) in [6, 6.07) is 10.1. The first-order valence-corrected chi connectivity index (χ1v) is 10.9. The van der Waals surface area contributed by atoms with Crippen LogP contribution in [0.5, 0.6) is 0 Å². The van der Waals surface area contributed by atoms with Crippen molar-refractivity contribution >= 4 is 17.6 Å². The number of carbonyl (C=O) groups excluding carboxylic acids is 2. The van der Waals surface area contributed by atoms with Crippen molar-refractivity contribution in [3.63, 3.8) is 0 Å². The van der Waals surface area contributed by atoms with Gasteiger partial charge in [-0.05, 0) is 73.3 Å². The van der Waals surface area contributed by atoms with E-state index >= 15 is 0 Å². The predicted molar refractivity (Wildman–Crippen MR) is 118 cm³/mol. The zero-order valence-corrected chi connectivity index (χ0v) is 17.8. The molecule has 30 heavy (non-hydrogen) atoms. The number of rotatable bonds is 7. The molecule has 3 fully saturated rings. The van der Waals surface area contributed by atoms with Crippen molar-refractivity contribution in [2.24, 2.45) is 35.5 Å². The third kappa shape index (κ3) is 5.32. The summed E-state index contributed by atoms with van der Waals surface area (Å²) in [5.74, 6) is 3.29. The molecule has 0 amide bonds. The van der Waals surface area contributed by atoms with Crippen molar-refractivity contribution in [2.75, 3.05) is 25.6 Å². The maximum absolute atomic E-state index is 11.2. The van der Waals surface area contributed by atoms with E-state index in [0.29, 0.717) is 31.0 Å². The highest BCUT2D eigenvalue weighted by atomic mass is 16.5. The second-order valence-electron chi connectivity index (χ2n) is 8.60. The lowest BCUT2D eigenvalue weighted by Crippen LogP contribution is -2.28. The Labute approximate surface area is 179 Å². The zero-order chi connectivity index (χ0) is 21.5. The van der Waals surface area contributed by atoms with Gasteiger partial charge in [0.1, 0.15) is 0 Å². The standard InChI is InChI=1S/C18H24O4.C7H9N/c1-3-17(19)21-9-11-5-14-12-7-13(10-22-18(20)4-2)15(8-12)16(14)6-11;1-8-7-5-3-2-4-6-7/h3-4,11-16H,1-2,5-10H2;2-6,8H,1H3. The summed E-state index contributed by atoms with van der Waals surface area (Å²) >= 11 is 0. The monoisotopic (exact) mass is 411 g/mol. The third-order valence-electron chi connectivity index (χ3n) is 7.00. The minimum atomic E-state index is -0.325. The summed E-state index contributed by atoms with van der Waals surface area (Å²) in [5.41, 5.74) is 1.16. The summed E-state index contributed by atoms with van der Waals surface area (Å²) in [6.45, 7) is 7.92. The van der Waals surface area contributed by atoms with E-state index in [0.717, 1.165) is 29.9 Å². The molecule has 0 aliphatic heterocycles. The Morgan fingerprint density at radius 3 is 2.17 bits per heavy atom.